The Morgan fingerprint density at radius 2 is 1.58 bits per heavy atom. The van der Waals surface area contributed by atoms with E-state index >= 15 is 0 Å². The minimum absolute atomic E-state index is 0.0334. The summed E-state index contributed by atoms with van der Waals surface area (Å²) in [6, 6.07) is 12.4. The number of aliphatic carboxylic acids is 1. The zero-order valence-corrected chi connectivity index (χ0v) is 20.2. The number of hydrogen-bond acceptors (Lipinski definition) is 7. The van der Waals surface area contributed by atoms with Crippen LogP contribution in [-0.2, 0) is 34.4 Å². The number of carbonyl (C=O) groups excluding carboxylic acids is 1. The minimum atomic E-state index is -3.69. The number of carboxylic acid groups (broad SMARTS) is 1. The van der Waals surface area contributed by atoms with Gasteiger partial charge in [-0.3, -0.25) is 9.36 Å². The third-order valence-electron chi connectivity index (χ3n) is 4.62. The van der Waals surface area contributed by atoms with Gasteiger partial charge < -0.3 is 19.5 Å². The predicted octanol–water partition coefficient (Wildman–Crippen LogP) is 3.50. The molecule has 0 aliphatic heterocycles. The second-order valence-corrected chi connectivity index (χ2v) is 11.2. The van der Waals surface area contributed by atoms with Crippen LogP contribution in [0, 0.1) is 0 Å². The molecule has 2 rings (SSSR count). The summed E-state index contributed by atoms with van der Waals surface area (Å²) in [5.74, 6) is -2.43. The molecule has 33 heavy (non-hydrogen) atoms. The third-order valence-corrected chi connectivity index (χ3v) is 8.44. The van der Waals surface area contributed by atoms with E-state index in [1.807, 2.05) is 0 Å². The molecule has 1 atom stereocenters. The summed E-state index contributed by atoms with van der Waals surface area (Å²) in [6.45, 7) is 3.88. The number of nitrogens with one attached hydrogen (secondary N) is 1. The number of benzene rings is 2. The summed E-state index contributed by atoms with van der Waals surface area (Å²) in [5, 5.41) is 11.8. The predicted molar refractivity (Wildman–Crippen MR) is 123 cm³/mol. The van der Waals surface area contributed by atoms with Gasteiger partial charge in [-0.05, 0) is 50.1 Å². The highest BCUT2D eigenvalue weighted by molar-refractivity contribution is 7.91. The quantitative estimate of drug-likeness (QED) is 0.401. The summed E-state index contributed by atoms with van der Waals surface area (Å²) in [5.41, 5.74) is 0.805. The van der Waals surface area contributed by atoms with E-state index in [4.69, 9.17) is 9.05 Å². The first-order valence-electron chi connectivity index (χ1n) is 10.4. The van der Waals surface area contributed by atoms with Gasteiger partial charge in [0.15, 0.2) is 9.84 Å². The maximum absolute atomic E-state index is 12.6. The highest BCUT2D eigenvalue weighted by Gasteiger charge is 2.26. The van der Waals surface area contributed by atoms with E-state index in [2.05, 4.69) is 5.32 Å². The van der Waals surface area contributed by atoms with Crippen molar-refractivity contribution in [3.8, 4) is 0 Å². The van der Waals surface area contributed by atoms with Crippen LogP contribution in [0.1, 0.15) is 36.2 Å². The molecule has 2 N–H and O–H groups in total. The second-order valence-electron chi connectivity index (χ2n) is 7.09. The van der Waals surface area contributed by atoms with Crippen molar-refractivity contribution >= 4 is 29.3 Å². The first-order valence-corrected chi connectivity index (χ1v) is 13.8. The molecule has 0 spiro atoms. The first kappa shape index (κ1) is 26.7. The van der Waals surface area contributed by atoms with Crippen molar-refractivity contribution in [2.24, 2.45) is 0 Å². The maximum atomic E-state index is 12.6. The number of amides is 1. The molecule has 9 nitrogen and oxygen atoms in total. The molecule has 0 aromatic heterocycles. The lowest BCUT2D eigenvalue weighted by Gasteiger charge is -2.17. The van der Waals surface area contributed by atoms with E-state index in [1.54, 1.807) is 44.2 Å². The summed E-state index contributed by atoms with van der Waals surface area (Å²) >= 11 is 0. The monoisotopic (exact) mass is 497 g/mol. The fraction of sp³-hybridized carbons (Fsp3) is 0.364. The fourth-order valence-corrected chi connectivity index (χ4v) is 6.08. The van der Waals surface area contributed by atoms with E-state index < -0.39 is 41.1 Å². The summed E-state index contributed by atoms with van der Waals surface area (Å²) in [4.78, 5) is 24.2. The molecule has 0 radical (unpaired) electrons. The second kappa shape index (κ2) is 12.1. The topological polar surface area (TPSA) is 136 Å². The minimum Gasteiger partial charge on any atom is -0.480 e. The molecule has 180 valence electrons. The molecule has 1 amide bonds. The summed E-state index contributed by atoms with van der Waals surface area (Å²) in [6.07, 6.45) is -0.256. The van der Waals surface area contributed by atoms with Crippen LogP contribution in [0.2, 0.25) is 0 Å². The number of rotatable bonds is 13. The van der Waals surface area contributed by atoms with Crippen molar-refractivity contribution in [3.63, 3.8) is 0 Å². The van der Waals surface area contributed by atoms with E-state index in [-0.39, 0.29) is 36.3 Å². The molecule has 0 fully saturated rings. The normalized spacial score (nSPS) is 12.8. The number of carbonyl (C=O) groups is 2. The van der Waals surface area contributed by atoms with Crippen LogP contribution >= 0.6 is 7.60 Å². The molecule has 0 bridgehead atoms. The highest BCUT2D eigenvalue weighted by atomic mass is 32.2. The van der Waals surface area contributed by atoms with Gasteiger partial charge >= 0.3 is 13.6 Å². The van der Waals surface area contributed by atoms with Gasteiger partial charge in [-0.1, -0.05) is 30.3 Å². The SMILES string of the molecule is CCOP(=O)(Cc1ccc(C(=O)N[C@H](CCS(=O)(=O)c2ccccc2)C(=O)O)cc1)OCC. The average Bonchev–Trinajstić information content (AvgIpc) is 2.77. The molecule has 0 heterocycles. The Morgan fingerprint density at radius 1 is 1.00 bits per heavy atom. The molecule has 0 saturated carbocycles. The lowest BCUT2D eigenvalue weighted by molar-refractivity contribution is -0.139. The van der Waals surface area contributed by atoms with Crippen LogP contribution < -0.4 is 5.32 Å². The van der Waals surface area contributed by atoms with Crippen LogP contribution in [0.3, 0.4) is 0 Å². The van der Waals surface area contributed by atoms with Gasteiger partial charge in [0, 0.05) is 5.56 Å². The summed E-state index contributed by atoms with van der Waals surface area (Å²) < 4.78 is 48.0. The number of hydrogen-bond donors (Lipinski definition) is 2. The van der Waals surface area contributed by atoms with Gasteiger partial charge in [0.05, 0.1) is 30.0 Å². The standard InChI is InChI=1S/C22H28NO8PS/c1-3-30-32(27,31-4-2)16-17-10-12-18(13-11-17)21(24)23-20(22(25)26)14-15-33(28,29)19-8-6-5-7-9-19/h5-13,20H,3-4,14-16H2,1-2H3,(H,23,24)(H,25,26)/t20-/m1/s1. The van der Waals surface area contributed by atoms with E-state index in [1.165, 1.54) is 24.3 Å². The molecule has 0 aliphatic rings. The van der Waals surface area contributed by atoms with Crippen LogP contribution in [0.25, 0.3) is 0 Å². The largest absolute Gasteiger partial charge is 0.480 e. The van der Waals surface area contributed by atoms with Gasteiger partial charge in [-0.25, -0.2) is 13.2 Å². The first-order chi connectivity index (χ1) is 15.6. The molecular weight excluding hydrogens is 469 g/mol. The zero-order valence-electron chi connectivity index (χ0n) is 18.5. The van der Waals surface area contributed by atoms with Crippen molar-refractivity contribution in [1.82, 2.24) is 5.32 Å². The summed E-state index contributed by atoms with van der Waals surface area (Å²) in [7, 11) is -6.99. The van der Waals surface area contributed by atoms with Crippen molar-refractivity contribution in [2.45, 2.75) is 37.4 Å². The van der Waals surface area contributed by atoms with Crippen LogP contribution in [0.5, 0.6) is 0 Å². The lowest BCUT2D eigenvalue weighted by Crippen LogP contribution is -2.41. The van der Waals surface area contributed by atoms with Crippen molar-refractivity contribution < 1.29 is 36.7 Å². The molecule has 0 saturated heterocycles. The van der Waals surface area contributed by atoms with Gasteiger partial charge in [-0.2, -0.15) is 0 Å². The van der Waals surface area contributed by atoms with Crippen LogP contribution in [0.4, 0.5) is 0 Å². The Bertz CT molecular complexity index is 1080. The molecule has 2 aromatic carbocycles. The third kappa shape index (κ3) is 8.08. The van der Waals surface area contributed by atoms with Gasteiger partial charge in [0.25, 0.3) is 5.91 Å². The van der Waals surface area contributed by atoms with Crippen LogP contribution in [-0.4, -0.2) is 50.4 Å². The molecule has 0 unspecified atom stereocenters. The Kier molecular flexibility index (Phi) is 9.79. The molecule has 0 aliphatic carbocycles. The Morgan fingerprint density at radius 3 is 2.09 bits per heavy atom. The van der Waals surface area contributed by atoms with Crippen molar-refractivity contribution in [3.05, 3.63) is 65.7 Å². The Hall–Kier alpha value is -2.52. The number of carboxylic acids is 1. The zero-order chi connectivity index (χ0) is 24.5. The van der Waals surface area contributed by atoms with Crippen LogP contribution in [0.15, 0.2) is 59.5 Å². The number of sulfone groups is 1. The fourth-order valence-electron chi connectivity index (χ4n) is 3.02. The van der Waals surface area contributed by atoms with Gasteiger partial charge in [0.2, 0.25) is 0 Å². The van der Waals surface area contributed by atoms with Crippen molar-refractivity contribution in [1.29, 1.82) is 0 Å². The molecular formula is C22H28NO8PS. The van der Waals surface area contributed by atoms with Gasteiger partial charge in [0.1, 0.15) is 6.04 Å². The van der Waals surface area contributed by atoms with E-state index in [9.17, 15) is 27.7 Å². The Labute approximate surface area is 193 Å². The van der Waals surface area contributed by atoms with Crippen molar-refractivity contribution in [2.75, 3.05) is 19.0 Å². The molecule has 2 aromatic rings. The molecule has 11 heteroatoms. The average molecular weight is 498 g/mol. The van der Waals surface area contributed by atoms with E-state index in [0.717, 1.165) is 0 Å². The Balaban J connectivity index is 2.04. The van der Waals surface area contributed by atoms with E-state index in [0.29, 0.717) is 5.56 Å². The lowest BCUT2D eigenvalue weighted by atomic mass is 10.1. The smallest absolute Gasteiger partial charge is 0.335 e. The maximum Gasteiger partial charge on any atom is 0.335 e. The van der Waals surface area contributed by atoms with Gasteiger partial charge in [-0.15, -0.1) is 0 Å². The highest BCUT2D eigenvalue weighted by Crippen LogP contribution is 2.51.